The monoisotopic (exact) mass is 324 g/mol. The van der Waals surface area contributed by atoms with Gasteiger partial charge in [0, 0.05) is 12.2 Å². The standard InChI is InChI=1S/C21H28N2O/c1-15(2)19-13-9-10-16(3)20(19)22-21(24)17(4)23(5)14-18-11-7-6-8-12-18/h6-13,15,17H,14H2,1-5H3,(H,22,24)/t17-/m1/s1. The number of para-hydroxylation sites is 1. The zero-order valence-corrected chi connectivity index (χ0v) is 15.3. The number of rotatable bonds is 6. The topological polar surface area (TPSA) is 32.3 Å². The smallest absolute Gasteiger partial charge is 0.241 e. The molecular formula is C21H28N2O. The Hall–Kier alpha value is -2.13. The number of carbonyl (C=O) groups excluding carboxylic acids is 1. The summed E-state index contributed by atoms with van der Waals surface area (Å²) in [7, 11) is 1.98. The third-order valence-electron chi connectivity index (χ3n) is 4.49. The summed E-state index contributed by atoms with van der Waals surface area (Å²) in [4.78, 5) is 14.8. The van der Waals surface area contributed by atoms with E-state index in [9.17, 15) is 4.79 Å². The fraction of sp³-hybridized carbons (Fsp3) is 0.381. The molecule has 128 valence electrons. The minimum absolute atomic E-state index is 0.0321. The van der Waals surface area contributed by atoms with E-state index in [0.29, 0.717) is 5.92 Å². The van der Waals surface area contributed by atoms with Gasteiger partial charge >= 0.3 is 0 Å². The van der Waals surface area contributed by atoms with Crippen molar-refractivity contribution in [2.75, 3.05) is 12.4 Å². The van der Waals surface area contributed by atoms with E-state index in [1.54, 1.807) is 0 Å². The Morgan fingerprint density at radius 1 is 1.04 bits per heavy atom. The molecule has 0 fully saturated rings. The highest BCUT2D eigenvalue weighted by Crippen LogP contribution is 2.27. The Morgan fingerprint density at radius 3 is 2.33 bits per heavy atom. The van der Waals surface area contributed by atoms with Crippen LogP contribution in [0, 0.1) is 6.92 Å². The van der Waals surface area contributed by atoms with Crippen LogP contribution >= 0.6 is 0 Å². The second kappa shape index (κ2) is 8.11. The van der Waals surface area contributed by atoms with Gasteiger partial charge in [-0.3, -0.25) is 9.69 Å². The number of anilines is 1. The quantitative estimate of drug-likeness (QED) is 0.843. The van der Waals surface area contributed by atoms with Crippen LogP contribution in [0.1, 0.15) is 43.4 Å². The highest BCUT2D eigenvalue weighted by molar-refractivity contribution is 5.96. The van der Waals surface area contributed by atoms with Crippen LogP contribution in [0.15, 0.2) is 48.5 Å². The van der Waals surface area contributed by atoms with Gasteiger partial charge in [-0.25, -0.2) is 0 Å². The third kappa shape index (κ3) is 4.45. The molecule has 0 saturated heterocycles. The Bertz CT molecular complexity index is 679. The zero-order chi connectivity index (χ0) is 17.7. The summed E-state index contributed by atoms with van der Waals surface area (Å²) in [6.07, 6.45) is 0. The van der Waals surface area contributed by atoms with Crippen LogP contribution in [-0.2, 0) is 11.3 Å². The summed E-state index contributed by atoms with van der Waals surface area (Å²) in [5.74, 6) is 0.405. The molecule has 0 aliphatic rings. The molecule has 0 saturated carbocycles. The minimum Gasteiger partial charge on any atom is -0.324 e. The molecule has 0 aromatic heterocycles. The summed E-state index contributed by atoms with van der Waals surface area (Å²) in [6.45, 7) is 9.04. The first-order valence-electron chi connectivity index (χ1n) is 8.54. The lowest BCUT2D eigenvalue weighted by atomic mass is 9.98. The number of aryl methyl sites for hydroxylation is 1. The van der Waals surface area contributed by atoms with Gasteiger partial charge in [-0.2, -0.15) is 0 Å². The number of nitrogens with zero attached hydrogens (tertiary/aromatic N) is 1. The van der Waals surface area contributed by atoms with Gasteiger partial charge in [0.2, 0.25) is 5.91 Å². The number of carbonyl (C=O) groups is 1. The largest absolute Gasteiger partial charge is 0.324 e. The Labute approximate surface area is 145 Å². The molecule has 1 atom stereocenters. The average molecular weight is 324 g/mol. The van der Waals surface area contributed by atoms with E-state index in [1.807, 2.05) is 51.2 Å². The van der Waals surface area contributed by atoms with Crippen molar-refractivity contribution in [1.29, 1.82) is 0 Å². The second-order valence-electron chi connectivity index (χ2n) is 6.76. The van der Waals surface area contributed by atoms with Crippen LogP contribution < -0.4 is 5.32 Å². The molecule has 1 amide bonds. The van der Waals surface area contributed by atoms with Gasteiger partial charge in [-0.1, -0.05) is 62.4 Å². The van der Waals surface area contributed by atoms with Crippen LogP contribution in [0.25, 0.3) is 0 Å². The SMILES string of the molecule is Cc1cccc(C(C)C)c1NC(=O)[C@@H](C)N(C)Cc1ccccc1. The molecule has 0 unspecified atom stereocenters. The second-order valence-corrected chi connectivity index (χ2v) is 6.76. The molecule has 1 N–H and O–H groups in total. The van der Waals surface area contributed by atoms with Crippen LogP contribution in [0.3, 0.4) is 0 Å². The number of likely N-dealkylation sites (N-methyl/N-ethyl adjacent to an activating group) is 1. The molecule has 2 aromatic carbocycles. The lowest BCUT2D eigenvalue weighted by Gasteiger charge is -2.25. The van der Waals surface area contributed by atoms with Crippen molar-refractivity contribution < 1.29 is 4.79 Å². The molecule has 0 aliphatic carbocycles. The maximum absolute atomic E-state index is 12.7. The number of nitrogens with one attached hydrogen (secondary N) is 1. The van der Waals surface area contributed by atoms with Gasteiger partial charge in [0.05, 0.1) is 6.04 Å². The van der Waals surface area contributed by atoms with Crippen molar-refractivity contribution in [2.24, 2.45) is 0 Å². The molecule has 0 radical (unpaired) electrons. The van der Waals surface area contributed by atoms with Crippen LogP contribution in [0.2, 0.25) is 0 Å². The van der Waals surface area contributed by atoms with Gasteiger partial charge < -0.3 is 5.32 Å². The van der Waals surface area contributed by atoms with Crippen molar-refractivity contribution in [2.45, 2.75) is 46.2 Å². The molecule has 0 aliphatic heterocycles. The predicted octanol–water partition coefficient (Wildman–Crippen LogP) is 4.58. The fourth-order valence-electron chi connectivity index (χ4n) is 2.78. The first-order chi connectivity index (χ1) is 11.4. The van der Waals surface area contributed by atoms with Crippen molar-refractivity contribution in [3.8, 4) is 0 Å². The molecule has 24 heavy (non-hydrogen) atoms. The lowest BCUT2D eigenvalue weighted by Crippen LogP contribution is -2.39. The fourth-order valence-corrected chi connectivity index (χ4v) is 2.78. The number of amides is 1. The normalized spacial score (nSPS) is 12.5. The van der Waals surface area contributed by atoms with Gasteiger partial charge in [0.15, 0.2) is 0 Å². The van der Waals surface area contributed by atoms with E-state index < -0.39 is 0 Å². The third-order valence-corrected chi connectivity index (χ3v) is 4.49. The number of benzene rings is 2. The Morgan fingerprint density at radius 2 is 1.71 bits per heavy atom. The van der Waals surface area contributed by atoms with E-state index in [4.69, 9.17) is 0 Å². The molecule has 0 bridgehead atoms. The Balaban J connectivity index is 2.09. The van der Waals surface area contributed by atoms with Crippen molar-refractivity contribution in [1.82, 2.24) is 4.90 Å². The molecule has 2 aromatic rings. The summed E-state index contributed by atoms with van der Waals surface area (Å²) in [5, 5.41) is 3.15. The molecule has 0 spiro atoms. The van der Waals surface area contributed by atoms with Crippen molar-refractivity contribution >= 4 is 11.6 Å². The molecule has 0 heterocycles. The lowest BCUT2D eigenvalue weighted by molar-refractivity contribution is -0.120. The van der Waals surface area contributed by atoms with E-state index in [-0.39, 0.29) is 11.9 Å². The summed E-state index contributed by atoms with van der Waals surface area (Å²) < 4.78 is 0. The van der Waals surface area contributed by atoms with Gasteiger partial charge in [-0.05, 0) is 43.5 Å². The average Bonchev–Trinajstić information content (AvgIpc) is 2.56. The minimum atomic E-state index is -0.204. The summed E-state index contributed by atoms with van der Waals surface area (Å²) >= 11 is 0. The van der Waals surface area contributed by atoms with Gasteiger partial charge in [0.1, 0.15) is 0 Å². The highest BCUT2D eigenvalue weighted by Gasteiger charge is 2.20. The van der Waals surface area contributed by atoms with Crippen LogP contribution in [0.4, 0.5) is 5.69 Å². The van der Waals surface area contributed by atoms with E-state index in [0.717, 1.165) is 17.8 Å². The maximum atomic E-state index is 12.7. The van der Waals surface area contributed by atoms with Gasteiger partial charge in [0.25, 0.3) is 0 Å². The van der Waals surface area contributed by atoms with Crippen LogP contribution in [0.5, 0.6) is 0 Å². The molecular weight excluding hydrogens is 296 g/mol. The zero-order valence-electron chi connectivity index (χ0n) is 15.3. The predicted molar refractivity (Wildman–Crippen MR) is 101 cm³/mol. The molecule has 2 rings (SSSR count). The number of hydrogen-bond acceptors (Lipinski definition) is 2. The van der Waals surface area contributed by atoms with E-state index >= 15 is 0 Å². The van der Waals surface area contributed by atoms with E-state index in [2.05, 4.69) is 42.3 Å². The maximum Gasteiger partial charge on any atom is 0.241 e. The Kier molecular flexibility index (Phi) is 6.16. The van der Waals surface area contributed by atoms with Crippen molar-refractivity contribution in [3.63, 3.8) is 0 Å². The van der Waals surface area contributed by atoms with Crippen LogP contribution in [-0.4, -0.2) is 23.9 Å². The van der Waals surface area contributed by atoms with Crippen molar-refractivity contribution in [3.05, 3.63) is 65.2 Å². The van der Waals surface area contributed by atoms with Gasteiger partial charge in [-0.15, -0.1) is 0 Å². The number of hydrogen-bond donors (Lipinski definition) is 1. The molecule has 3 heteroatoms. The summed E-state index contributed by atoms with van der Waals surface area (Å²) in [5.41, 5.74) is 4.45. The van der Waals surface area contributed by atoms with E-state index in [1.165, 1.54) is 11.1 Å². The highest BCUT2D eigenvalue weighted by atomic mass is 16.2. The molecule has 3 nitrogen and oxygen atoms in total. The first kappa shape index (κ1) is 18.2. The summed E-state index contributed by atoms with van der Waals surface area (Å²) in [6, 6.07) is 16.2. The first-order valence-corrected chi connectivity index (χ1v) is 8.54.